The van der Waals surface area contributed by atoms with Crippen LogP contribution in [-0.2, 0) is 19.1 Å². The second-order valence-corrected chi connectivity index (χ2v) is 8.34. The minimum Gasteiger partial charge on any atom is -0.480 e. The van der Waals surface area contributed by atoms with Gasteiger partial charge in [0.25, 0.3) is 5.91 Å². The minimum atomic E-state index is -4.04. The van der Waals surface area contributed by atoms with E-state index in [1.165, 1.54) is 0 Å². The molecule has 8 nitrogen and oxygen atoms in total. The molecule has 1 heterocycles. The predicted molar refractivity (Wildman–Crippen MR) is 117 cm³/mol. The highest BCUT2D eigenvalue weighted by molar-refractivity contribution is 5.91. The highest BCUT2D eigenvalue weighted by Gasteiger charge is 2.48. The molecule has 0 spiro atoms. The van der Waals surface area contributed by atoms with E-state index in [2.05, 4.69) is 0 Å². The molecule has 4 rings (SSSR count). The van der Waals surface area contributed by atoms with Gasteiger partial charge in [0, 0.05) is 32.0 Å². The Morgan fingerprint density at radius 1 is 1.03 bits per heavy atom. The first kappa shape index (κ1) is 23.6. The second kappa shape index (κ2) is 9.38. The maximum absolute atomic E-state index is 14.4. The molecular weight excluding hydrogens is 450 g/mol. The fourth-order valence-electron chi connectivity index (χ4n) is 4.33. The van der Waals surface area contributed by atoms with Crippen LogP contribution in [0.4, 0.5) is 13.6 Å². The Balaban J connectivity index is 1.34. The summed E-state index contributed by atoms with van der Waals surface area (Å²) in [6.07, 6.45) is -1.37. The number of benzene rings is 2. The van der Waals surface area contributed by atoms with Crippen molar-refractivity contribution in [1.82, 2.24) is 10.6 Å². The summed E-state index contributed by atoms with van der Waals surface area (Å²) in [5.41, 5.74) is 2.16. The van der Waals surface area contributed by atoms with Crippen LogP contribution in [0.25, 0.3) is 11.1 Å². The summed E-state index contributed by atoms with van der Waals surface area (Å²) < 4.78 is 39.0. The summed E-state index contributed by atoms with van der Waals surface area (Å²) in [4.78, 5) is 35.9. The lowest BCUT2D eigenvalue weighted by Gasteiger charge is -2.34. The van der Waals surface area contributed by atoms with E-state index in [9.17, 15) is 28.3 Å². The molecule has 3 N–H and O–H groups in total. The highest BCUT2D eigenvalue weighted by atomic mass is 19.3. The van der Waals surface area contributed by atoms with Crippen LogP contribution in [0.1, 0.15) is 29.9 Å². The lowest BCUT2D eigenvalue weighted by molar-refractivity contribution is -0.159. The summed E-state index contributed by atoms with van der Waals surface area (Å²) in [7, 11) is 0. The molecule has 0 unspecified atom stereocenters. The molecule has 1 aliphatic heterocycles. The number of hydrogen-bond donors (Lipinski definition) is 3. The zero-order valence-corrected chi connectivity index (χ0v) is 18.2. The lowest BCUT2D eigenvalue weighted by Crippen LogP contribution is -2.62. The fourth-order valence-corrected chi connectivity index (χ4v) is 4.33. The van der Waals surface area contributed by atoms with E-state index in [-0.39, 0.29) is 38.6 Å². The van der Waals surface area contributed by atoms with Crippen LogP contribution < -0.4 is 10.6 Å². The third-order valence-electron chi connectivity index (χ3n) is 6.24. The van der Waals surface area contributed by atoms with Gasteiger partial charge in [0.05, 0.1) is 6.54 Å². The number of nitrogens with one attached hydrogen (secondary N) is 2. The number of alkyl carbamates (subject to hydrolysis) is 1. The Morgan fingerprint density at radius 3 is 2.15 bits per heavy atom. The number of carbonyl (C=O) groups is 3. The Labute approximate surface area is 194 Å². The van der Waals surface area contributed by atoms with Crippen molar-refractivity contribution in [2.75, 3.05) is 26.4 Å². The average molecular weight is 474 g/mol. The summed E-state index contributed by atoms with van der Waals surface area (Å²) in [6, 6.07) is 15.4. The summed E-state index contributed by atoms with van der Waals surface area (Å²) in [5, 5.41) is 13.3. The lowest BCUT2D eigenvalue weighted by atomic mass is 9.90. The Morgan fingerprint density at radius 2 is 1.59 bits per heavy atom. The smallest absolute Gasteiger partial charge is 0.407 e. The monoisotopic (exact) mass is 474 g/mol. The van der Waals surface area contributed by atoms with Gasteiger partial charge in [-0.05, 0) is 22.3 Å². The normalized spacial score (nSPS) is 16.8. The van der Waals surface area contributed by atoms with Crippen molar-refractivity contribution in [2.24, 2.45) is 0 Å². The van der Waals surface area contributed by atoms with Gasteiger partial charge in [-0.3, -0.25) is 4.79 Å². The van der Waals surface area contributed by atoms with Gasteiger partial charge < -0.3 is 25.2 Å². The summed E-state index contributed by atoms with van der Waals surface area (Å²) >= 11 is 0. The van der Waals surface area contributed by atoms with Gasteiger partial charge in [-0.25, -0.2) is 9.59 Å². The first-order valence-corrected chi connectivity index (χ1v) is 10.8. The Hall–Kier alpha value is -3.53. The van der Waals surface area contributed by atoms with E-state index in [1.807, 2.05) is 59.2 Å². The summed E-state index contributed by atoms with van der Waals surface area (Å²) in [6.45, 7) is -1.35. The van der Waals surface area contributed by atoms with Crippen molar-refractivity contribution in [2.45, 2.75) is 30.2 Å². The summed E-state index contributed by atoms with van der Waals surface area (Å²) in [5.74, 6) is -7.47. The second-order valence-electron chi connectivity index (χ2n) is 8.34. The van der Waals surface area contributed by atoms with Crippen molar-refractivity contribution in [1.29, 1.82) is 0 Å². The molecule has 2 amide bonds. The Kier molecular flexibility index (Phi) is 6.52. The highest BCUT2D eigenvalue weighted by Crippen LogP contribution is 2.44. The third kappa shape index (κ3) is 4.58. The molecule has 1 aliphatic carbocycles. The van der Waals surface area contributed by atoms with Crippen LogP contribution in [0, 0.1) is 0 Å². The molecule has 0 atom stereocenters. The molecule has 2 aromatic carbocycles. The molecule has 34 heavy (non-hydrogen) atoms. The largest absolute Gasteiger partial charge is 0.480 e. The standard InChI is InChI=1S/C24H24F2N2O6/c25-24(26,20(29)28-23(21(30)31)9-11-33-12-10-23)14-27-22(32)34-13-19-17-7-3-1-5-15(17)16-6-2-4-8-18(16)19/h1-8,19H,9-14H2,(H,27,32)(H,28,29)(H,30,31). The third-order valence-corrected chi connectivity index (χ3v) is 6.24. The van der Waals surface area contributed by atoms with Crippen LogP contribution >= 0.6 is 0 Å². The molecule has 0 bridgehead atoms. The van der Waals surface area contributed by atoms with E-state index in [4.69, 9.17) is 9.47 Å². The molecule has 2 aromatic rings. The molecular formula is C24H24F2N2O6. The van der Waals surface area contributed by atoms with Gasteiger partial charge in [-0.1, -0.05) is 48.5 Å². The van der Waals surface area contributed by atoms with E-state index >= 15 is 0 Å². The van der Waals surface area contributed by atoms with Gasteiger partial charge in [-0.2, -0.15) is 8.78 Å². The predicted octanol–water partition coefficient (Wildman–Crippen LogP) is 2.91. The number of fused-ring (bicyclic) bond motifs is 3. The van der Waals surface area contributed by atoms with E-state index in [0.29, 0.717) is 0 Å². The first-order valence-electron chi connectivity index (χ1n) is 10.8. The van der Waals surface area contributed by atoms with Crippen LogP contribution in [0.3, 0.4) is 0 Å². The van der Waals surface area contributed by atoms with Crippen LogP contribution in [-0.4, -0.2) is 60.9 Å². The topological polar surface area (TPSA) is 114 Å². The van der Waals surface area contributed by atoms with Crippen LogP contribution in [0.2, 0.25) is 0 Å². The molecule has 0 aromatic heterocycles. The van der Waals surface area contributed by atoms with Gasteiger partial charge in [-0.15, -0.1) is 0 Å². The van der Waals surface area contributed by atoms with Crippen LogP contribution in [0.5, 0.6) is 0 Å². The SMILES string of the molecule is O=C(NCC(F)(F)C(=O)NC1(C(=O)O)CCOCC1)OCC1c2ccccc2-c2ccccc21. The van der Waals surface area contributed by atoms with Crippen molar-refractivity contribution in [3.8, 4) is 11.1 Å². The zero-order valence-electron chi connectivity index (χ0n) is 18.2. The number of hydrogen-bond acceptors (Lipinski definition) is 5. The van der Waals surface area contributed by atoms with Gasteiger partial charge in [0.1, 0.15) is 12.1 Å². The van der Waals surface area contributed by atoms with Crippen molar-refractivity contribution < 1.29 is 37.7 Å². The quantitative estimate of drug-likeness (QED) is 0.569. The molecule has 0 radical (unpaired) electrons. The van der Waals surface area contributed by atoms with Gasteiger partial charge in [0.15, 0.2) is 0 Å². The van der Waals surface area contributed by atoms with Gasteiger partial charge in [0.2, 0.25) is 0 Å². The maximum Gasteiger partial charge on any atom is 0.407 e. The molecule has 2 aliphatic rings. The zero-order chi connectivity index (χ0) is 24.3. The molecule has 10 heteroatoms. The number of amides is 2. The van der Waals surface area contributed by atoms with E-state index in [1.54, 1.807) is 0 Å². The molecule has 1 fully saturated rings. The van der Waals surface area contributed by atoms with E-state index in [0.717, 1.165) is 22.3 Å². The van der Waals surface area contributed by atoms with E-state index < -0.39 is 36.0 Å². The van der Waals surface area contributed by atoms with Crippen molar-refractivity contribution >= 4 is 18.0 Å². The molecule has 0 saturated carbocycles. The Bertz CT molecular complexity index is 1050. The maximum atomic E-state index is 14.4. The number of ether oxygens (including phenoxy) is 2. The molecule has 180 valence electrons. The number of rotatable bonds is 7. The number of carboxylic acids is 1. The number of halogens is 2. The van der Waals surface area contributed by atoms with Crippen LogP contribution in [0.15, 0.2) is 48.5 Å². The fraction of sp³-hybridized carbons (Fsp3) is 0.375. The first-order chi connectivity index (χ1) is 16.2. The van der Waals surface area contributed by atoms with Gasteiger partial charge >= 0.3 is 18.0 Å². The number of aliphatic carboxylic acids is 1. The number of carbonyl (C=O) groups excluding carboxylic acids is 2. The van der Waals surface area contributed by atoms with Crippen molar-refractivity contribution in [3.05, 3.63) is 59.7 Å². The number of carboxylic acid groups (broad SMARTS) is 1. The average Bonchev–Trinajstić information content (AvgIpc) is 3.15. The molecule has 1 saturated heterocycles. The minimum absolute atomic E-state index is 0.0240. The number of alkyl halides is 2. The van der Waals surface area contributed by atoms with Crippen molar-refractivity contribution in [3.63, 3.8) is 0 Å².